The molecule has 2 aliphatic heterocycles. The molecule has 0 atom stereocenters. The summed E-state index contributed by atoms with van der Waals surface area (Å²) in [6.45, 7) is 3.66. The van der Waals surface area contributed by atoms with Crippen LogP contribution >= 0.6 is 0 Å². The van der Waals surface area contributed by atoms with Crippen LogP contribution in [0.15, 0.2) is 48.9 Å². The normalized spacial score (nSPS) is 16.0. The van der Waals surface area contributed by atoms with Crippen LogP contribution in [-0.2, 0) is 25.9 Å². The molecule has 4 heterocycles. The molecule has 0 fully saturated rings. The maximum atomic E-state index is 5.61. The van der Waals surface area contributed by atoms with E-state index in [2.05, 4.69) is 33.1 Å². The number of pyridine rings is 1. The smallest absolute Gasteiger partial charge is 0.159 e. The van der Waals surface area contributed by atoms with E-state index < -0.39 is 0 Å². The monoisotopic (exact) mass is 344 g/mol. The number of aromatic nitrogens is 3. The van der Waals surface area contributed by atoms with Gasteiger partial charge in [-0.25, -0.2) is 9.97 Å². The molecule has 130 valence electrons. The SMILES string of the molecule is c1cc(-c2ncc3c(n2)CN(Cc2ccc4c(c2)CCO4)CC3)ccn1. The van der Waals surface area contributed by atoms with Gasteiger partial charge in [0.2, 0.25) is 0 Å². The van der Waals surface area contributed by atoms with Crippen LogP contribution in [-0.4, -0.2) is 33.0 Å². The fraction of sp³-hybridized carbons (Fsp3) is 0.286. The summed E-state index contributed by atoms with van der Waals surface area (Å²) in [5, 5.41) is 0. The Hall–Kier alpha value is -2.79. The molecule has 3 aromatic rings. The second-order valence-electron chi connectivity index (χ2n) is 6.90. The van der Waals surface area contributed by atoms with Gasteiger partial charge in [-0.3, -0.25) is 9.88 Å². The fourth-order valence-corrected chi connectivity index (χ4v) is 3.73. The van der Waals surface area contributed by atoms with E-state index in [1.54, 1.807) is 12.4 Å². The Balaban J connectivity index is 1.36. The molecule has 0 aliphatic carbocycles. The van der Waals surface area contributed by atoms with Crippen molar-refractivity contribution in [3.05, 3.63) is 71.3 Å². The third kappa shape index (κ3) is 2.95. The van der Waals surface area contributed by atoms with Crippen LogP contribution in [0.3, 0.4) is 0 Å². The zero-order valence-electron chi connectivity index (χ0n) is 14.6. The van der Waals surface area contributed by atoms with Gasteiger partial charge in [0.05, 0.1) is 12.3 Å². The van der Waals surface area contributed by atoms with Gasteiger partial charge in [0.15, 0.2) is 5.82 Å². The molecular weight excluding hydrogens is 324 g/mol. The van der Waals surface area contributed by atoms with E-state index >= 15 is 0 Å². The Morgan fingerprint density at radius 1 is 1.04 bits per heavy atom. The Morgan fingerprint density at radius 2 is 1.96 bits per heavy atom. The van der Waals surface area contributed by atoms with Crippen molar-refractivity contribution >= 4 is 0 Å². The molecule has 0 radical (unpaired) electrons. The van der Waals surface area contributed by atoms with Gasteiger partial charge in [0, 0.05) is 50.2 Å². The predicted octanol–water partition coefficient (Wildman–Crippen LogP) is 3.03. The molecule has 1 aromatic carbocycles. The lowest BCUT2D eigenvalue weighted by molar-refractivity contribution is 0.241. The number of fused-ring (bicyclic) bond motifs is 2. The summed E-state index contributed by atoms with van der Waals surface area (Å²) >= 11 is 0. The first-order chi connectivity index (χ1) is 12.8. The molecule has 5 heteroatoms. The Labute approximate surface area is 152 Å². The summed E-state index contributed by atoms with van der Waals surface area (Å²) in [6, 6.07) is 10.5. The van der Waals surface area contributed by atoms with Crippen LogP contribution in [0.1, 0.15) is 22.4 Å². The molecule has 0 N–H and O–H groups in total. The van der Waals surface area contributed by atoms with Crippen LogP contribution in [0.2, 0.25) is 0 Å². The average molecular weight is 344 g/mol. The van der Waals surface area contributed by atoms with Crippen molar-refractivity contribution in [2.24, 2.45) is 0 Å². The summed E-state index contributed by atoms with van der Waals surface area (Å²) in [6.07, 6.45) is 7.57. The molecule has 0 spiro atoms. The van der Waals surface area contributed by atoms with Crippen LogP contribution in [0.25, 0.3) is 11.4 Å². The number of hydrogen-bond donors (Lipinski definition) is 0. The minimum absolute atomic E-state index is 0.780. The van der Waals surface area contributed by atoms with Crippen molar-refractivity contribution in [1.82, 2.24) is 19.9 Å². The van der Waals surface area contributed by atoms with Gasteiger partial charge in [0.25, 0.3) is 0 Å². The lowest BCUT2D eigenvalue weighted by Crippen LogP contribution is -2.31. The lowest BCUT2D eigenvalue weighted by Gasteiger charge is -2.28. The quantitative estimate of drug-likeness (QED) is 0.731. The zero-order valence-corrected chi connectivity index (χ0v) is 14.6. The Morgan fingerprint density at radius 3 is 2.88 bits per heavy atom. The first-order valence-corrected chi connectivity index (χ1v) is 9.07. The highest BCUT2D eigenvalue weighted by molar-refractivity contribution is 5.54. The van der Waals surface area contributed by atoms with Crippen molar-refractivity contribution in [2.45, 2.75) is 25.9 Å². The summed E-state index contributed by atoms with van der Waals surface area (Å²) < 4.78 is 5.61. The van der Waals surface area contributed by atoms with E-state index in [0.29, 0.717) is 0 Å². The highest BCUT2D eigenvalue weighted by Crippen LogP contribution is 2.27. The van der Waals surface area contributed by atoms with Crippen molar-refractivity contribution < 1.29 is 4.74 Å². The molecule has 5 nitrogen and oxygen atoms in total. The van der Waals surface area contributed by atoms with Crippen LogP contribution in [0.5, 0.6) is 5.75 Å². The third-order valence-corrected chi connectivity index (χ3v) is 5.12. The van der Waals surface area contributed by atoms with Crippen LogP contribution < -0.4 is 4.74 Å². The van der Waals surface area contributed by atoms with Gasteiger partial charge < -0.3 is 4.74 Å². The molecule has 0 saturated carbocycles. The standard InChI is InChI=1S/C21H20N4O/c1-2-20-17(6-10-26-20)11-15(1)13-25-9-5-18-12-23-21(24-19(18)14-25)16-3-7-22-8-4-16/h1-4,7-8,11-12H,5-6,9-10,13-14H2. The van der Waals surface area contributed by atoms with Gasteiger partial charge in [-0.15, -0.1) is 0 Å². The van der Waals surface area contributed by atoms with E-state index in [0.717, 1.165) is 61.9 Å². The van der Waals surface area contributed by atoms with Gasteiger partial charge in [0.1, 0.15) is 5.75 Å². The number of rotatable bonds is 3. The maximum Gasteiger partial charge on any atom is 0.159 e. The maximum absolute atomic E-state index is 5.61. The molecular formula is C21H20N4O. The van der Waals surface area contributed by atoms with Crippen molar-refractivity contribution in [1.29, 1.82) is 0 Å². The highest BCUT2D eigenvalue weighted by atomic mass is 16.5. The number of ether oxygens (including phenoxy) is 1. The molecule has 0 amide bonds. The second kappa shape index (κ2) is 6.50. The van der Waals surface area contributed by atoms with Gasteiger partial charge >= 0.3 is 0 Å². The van der Waals surface area contributed by atoms with E-state index in [9.17, 15) is 0 Å². The van der Waals surface area contributed by atoms with E-state index in [-0.39, 0.29) is 0 Å². The van der Waals surface area contributed by atoms with Crippen molar-refractivity contribution in [3.8, 4) is 17.1 Å². The first-order valence-electron chi connectivity index (χ1n) is 9.07. The Kier molecular flexibility index (Phi) is 3.87. The summed E-state index contributed by atoms with van der Waals surface area (Å²) in [5.74, 6) is 1.83. The molecule has 2 aliphatic rings. The predicted molar refractivity (Wildman–Crippen MR) is 98.7 cm³/mol. The lowest BCUT2D eigenvalue weighted by atomic mass is 10.0. The third-order valence-electron chi connectivity index (χ3n) is 5.12. The van der Waals surface area contributed by atoms with E-state index in [1.165, 1.54) is 16.7 Å². The van der Waals surface area contributed by atoms with Crippen LogP contribution in [0, 0.1) is 0 Å². The fourth-order valence-electron chi connectivity index (χ4n) is 3.73. The molecule has 5 rings (SSSR count). The van der Waals surface area contributed by atoms with Crippen LogP contribution in [0.4, 0.5) is 0 Å². The molecule has 0 unspecified atom stereocenters. The minimum Gasteiger partial charge on any atom is -0.493 e. The van der Waals surface area contributed by atoms with Gasteiger partial charge in [-0.2, -0.15) is 0 Å². The molecule has 2 aromatic heterocycles. The van der Waals surface area contributed by atoms with Gasteiger partial charge in [-0.1, -0.05) is 12.1 Å². The second-order valence-corrected chi connectivity index (χ2v) is 6.90. The molecule has 0 saturated heterocycles. The van der Waals surface area contributed by atoms with E-state index in [4.69, 9.17) is 9.72 Å². The first kappa shape index (κ1) is 15.5. The zero-order chi connectivity index (χ0) is 17.3. The minimum atomic E-state index is 0.780. The highest BCUT2D eigenvalue weighted by Gasteiger charge is 2.20. The van der Waals surface area contributed by atoms with Crippen molar-refractivity contribution in [2.75, 3.05) is 13.2 Å². The number of nitrogens with zero attached hydrogens (tertiary/aromatic N) is 4. The van der Waals surface area contributed by atoms with Gasteiger partial charge in [-0.05, 0) is 41.3 Å². The largest absolute Gasteiger partial charge is 0.493 e. The number of hydrogen-bond acceptors (Lipinski definition) is 5. The number of benzene rings is 1. The summed E-state index contributed by atoms with van der Waals surface area (Å²) in [5.41, 5.74) is 6.10. The molecule has 0 bridgehead atoms. The topological polar surface area (TPSA) is 51.1 Å². The molecule has 26 heavy (non-hydrogen) atoms. The summed E-state index contributed by atoms with van der Waals surface area (Å²) in [7, 11) is 0. The van der Waals surface area contributed by atoms with E-state index in [1.807, 2.05) is 18.3 Å². The summed E-state index contributed by atoms with van der Waals surface area (Å²) in [4.78, 5) is 15.9. The Bertz CT molecular complexity index is 942. The van der Waals surface area contributed by atoms with Crippen molar-refractivity contribution in [3.63, 3.8) is 0 Å². The average Bonchev–Trinajstić information content (AvgIpc) is 3.16.